The lowest BCUT2D eigenvalue weighted by molar-refractivity contribution is -0.141. The average molecular weight is 524 g/mol. The monoisotopic (exact) mass is 523 g/mol. The lowest BCUT2D eigenvalue weighted by atomic mass is 9.80. The van der Waals surface area contributed by atoms with Crippen molar-refractivity contribution in [3.05, 3.63) is 76.6 Å². The standard InChI is InChI=1S/C29H33NO8/c1-7-35-28(32)24-17(3)30-18(4)25(29(33)36-8-2)26(24)20-9-11-23(12-10-20)38-27(31)19(5)37-22-15-13-21(34-6)14-16-22/h9-16,19,26,30H,7-8H2,1-6H3/t19-/m0/s1. The molecule has 0 saturated heterocycles. The van der Waals surface area contributed by atoms with Crippen molar-refractivity contribution >= 4 is 17.9 Å². The Bertz CT molecular complexity index is 1190. The number of dihydropyridines is 1. The van der Waals surface area contributed by atoms with E-state index in [2.05, 4.69) is 5.32 Å². The van der Waals surface area contributed by atoms with E-state index in [1.54, 1.807) is 90.3 Å². The van der Waals surface area contributed by atoms with E-state index >= 15 is 0 Å². The van der Waals surface area contributed by atoms with Crippen molar-refractivity contribution in [2.75, 3.05) is 20.3 Å². The smallest absolute Gasteiger partial charge is 0.352 e. The van der Waals surface area contributed by atoms with Crippen LogP contribution < -0.4 is 19.5 Å². The molecule has 0 amide bonds. The van der Waals surface area contributed by atoms with Crippen molar-refractivity contribution in [1.29, 1.82) is 0 Å². The lowest BCUT2D eigenvalue weighted by Crippen LogP contribution is -2.32. The zero-order valence-corrected chi connectivity index (χ0v) is 22.5. The highest BCUT2D eigenvalue weighted by atomic mass is 16.6. The number of hydrogen-bond donors (Lipinski definition) is 1. The van der Waals surface area contributed by atoms with Crippen LogP contribution in [-0.2, 0) is 23.9 Å². The molecule has 0 radical (unpaired) electrons. The van der Waals surface area contributed by atoms with Crippen LogP contribution in [0.4, 0.5) is 0 Å². The van der Waals surface area contributed by atoms with E-state index in [-0.39, 0.29) is 19.0 Å². The zero-order valence-electron chi connectivity index (χ0n) is 22.5. The molecule has 3 rings (SSSR count). The van der Waals surface area contributed by atoms with Crippen LogP contribution in [0.25, 0.3) is 0 Å². The Morgan fingerprint density at radius 2 is 1.26 bits per heavy atom. The van der Waals surface area contributed by atoms with Crippen molar-refractivity contribution in [3.63, 3.8) is 0 Å². The van der Waals surface area contributed by atoms with Crippen LogP contribution in [0.2, 0.25) is 0 Å². The van der Waals surface area contributed by atoms with Gasteiger partial charge in [-0.15, -0.1) is 0 Å². The second-order valence-electron chi connectivity index (χ2n) is 8.50. The molecule has 202 valence electrons. The molecule has 2 aromatic rings. The summed E-state index contributed by atoms with van der Waals surface area (Å²) in [5, 5.41) is 3.10. The highest BCUT2D eigenvalue weighted by Gasteiger charge is 2.38. The van der Waals surface area contributed by atoms with Crippen LogP contribution in [-0.4, -0.2) is 44.3 Å². The largest absolute Gasteiger partial charge is 0.497 e. The molecule has 1 heterocycles. The molecule has 1 atom stereocenters. The summed E-state index contributed by atoms with van der Waals surface area (Å²) in [4.78, 5) is 38.4. The van der Waals surface area contributed by atoms with Crippen molar-refractivity contribution in [1.82, 2.24) is 5.32 Å². The third-order valence-electron chi connectivity index (χ3n) is 5.89. The van der Waals surface area contributed by atoms with Crippen molar-refractivity contribution in [2.24, 2.45) is 0 Å². The number of carbonyl (C=O) groups is 3. The lowest BCUT2D eigenvalue weighted by Gasteiger charge is -2.30. The van der Waals surface area contributed by atoms with Gasteiger partial charge < -0.3 is 29.0 Å². The van der Waals surface area contributed by atoms with Gasteiger partial charge in [0.25, 0.3) is 0 Å². The number of nitrogens with one attached hydrogen (secondary N) is 1. The SMILES string of the molecule is CCOC(=O)C1=C(C)NC(C)=C(C(=O)OCC)C1c1ccc(OC(=O)[C@H](C)Oc2ccc(OC)cc2)cc1. The minimum Gasteiger partial charge on any atom is -0.497 e. The summed E-state index contributed by atoms with van der Waals surface area (Å²) >= 11 is 0. The first-order valence-corrected chi connectivity index (χ1v) is 12.3. The molecule has 0 saturated carbocycles. The molecule has 0 aliphatic carbocycles. The van der Waals surface area contributed by atoms with E-state index in [0.717, 1.165) is 0 Å². The van der Waals surface area contributed by atoms with Gasteiger partial charge in [-0.2, -0.15) is 0 Å². The first-order chi connectivity index (χ1) is 18.2. The summed E-state index contributed by atoms with van der Waals surface area (Å²) in [5.41, 5.74) is 2.43. The molecule has 0 unspecified atom stereocenters. The Hall–Kier alpha value is -4.27. The van der Waals surface area contributed by atoms with Gasteiger partial charge in [0.15, 0.2) is 6.10 Å². The van der Waals surface area contributed by atoms with Gasteiger partial charge in [0.2, 0.25) is 0 Å². The van der Waals surface area contributed by atoms with Gasteiger partial charge in [-0.25, -0.2) is 14.4 Å². The molecule has 9 nitrogen and oxygen atoms in total. The van der Waals surface area contributed by atoms with Gasteiger partial charge in [-0.1, -0.05) is 12.1 Å². The molecule has 0 spiro atoms. The van der Waals surface area contributed by atoms with Crippen molar-refractivity contribution < 1.29 is 38.1 Å². The maximum atomic E-state index is 12.9. The van der Waals surface area contributed by atoms with Crippen LogP contribution in [0.5, 0.6) is 17.2 Å². The van der Waals surface area contributed by atoms with Crippen LogP contribution in [0.3, 0.4) is 0 Å². The highest BCUT2D eigenvalue weighted by Crippen LogP contribution is 2.39. The van der Waals surface area contributed by atoms with Gasteiger partial charge >= 0.3 is 17.9 Å². The second kappa shape index (κ2) is 12.8. The minimum absolute atomic E-state index is 0.186. The first-order valence-electron chi connectivity index (χ1n) is 12.3. The molecule has 0 bridgehead atoms. The molecule has 9 heteroatoms. The molecular weight excluding hydrogens is 490 g/mol. The molecule has 1 aliphatic heterocycles. The Labute approximate surface area is 222 Å². The topological polar surface area (TPSA) is 109 Å². The number of ether oxygens (including phenoxy) is 5. The van der Waals surface area contributed by atoms with E-state index in [9.17, 15) is 14.4 Å². The molecule has 0 aromatic heterocycles. The number of hydrogen-bond acceptors (Lipinski definition) is 9. The molecular formula is C29H33NO8. The minimum atomic E-state index is -0.866. The fourth-order valence-corrected chi connectivity index (χ4v) is 4.12. The van der Waals surface area contributed by atoms with Crippen LogP contribution in [0, 0.1) is 0 Å². The number of benzene rings is 2. The second-order valence-corrected chi connectivity index (χ2v) is 8.50. The first kappa shape index (κ1) is 28.3. The Morgan fingerprint density at radius 1 is 0.789 bits per heavy atom. The molecule has 1 N–H and O–H groups in total. The van der Waals surface area contributed by atoms with Gasteiger partial charge in [-0.3, -0.25) is 0 Å². The van der Waals surface area contributed by atoms with E-state index in [4.69, 9.17) is 23.7 Å². The van der Waals surface area contributed by atoms with Crippen LogP contribution in [0.15, 0.2) is 71.1 Å². The Morgan fingerprint density at radius 3 is 1.74 bits per heavy atom. The van der Waals surface area contributed by atoms with Crippen LogP contribution in [0.1, 0.15) is 46.1 Å². The summed E-state index contributed by atoms with van der Waals surface area (Å²) in [6.45, 7) is 8.91. The Balaban J connectivity index is 1.83. The molecule has 0 fully saturated rings. The zero-order chi connectivity index (χ0) is 27.8. The quantitative estimate of drug-likeness (QED) is 0.357. The van der Waals surface area contributed by atoms with E-state index in [0.29, 0.717) is 39.6 Å². The summed E-state index contributed by atoms with van der Waals surface area (Å²) < 4.78 is 26.9. The number of allylic oxidation sites excluding steroid dienone is 2. The predicted octanol–water partition coefficient (Wildman–Crippen LogP) is 4.43. The van der Waals surface area contributed by atoms with Crippen molar-refractivity contribution in [3.8, 4) is 17.2 Å². The van der Waals surface area contributed by atoms with Gasteiger partial charge in [0.1, 0.15) is 17.2 Å². The van der Waals surface area contributed by atoms with Gasteiger partial charge in [-0.05, 0) is 76.6 Å². The maximum Gasteiger partial charge on any atom is 0.352 e. The summed E-state index contributed by atoms with van der Waals surface area (Å²) in [7, 11) is 1.57. The van der Waals surface area contributed by atoms with E-state index in [1.807, 2.05) is 0 Å². The molecule has 38 heavy (non-hydrogen) atoms. The third kappa shape index (κ3) is 6.53. The normalized spacial score (nSPS) is 14.4. The summed E-state index contributed by atoms with van der Waals surface area (Å²) in [6.07, 6.45) is -0.866. The fourth-order valence-electron chi connectivity index (χ4n) is 4.12. The molecule has 2 aromatic carbocycles. The summed E-state index contributed by atoms with van der Waals surface area (Å²) in [6, 6.07) is 13.5. The average Bonchev–Trinajstić information content (AvgIpc) is 2.89. The molecule has 1 aliphatic rings. The highest BCUT2D eigenvalue weighted by molar-refractivity contribution is 5.99. The number of methoxy groups -OCH3 is 1. The number of rotatable bonds is 10. The van der Waals surface area contributed by atoms with E-state index < -0.39 is 29.9 Å². The van der Waals surface area contributed by atoms with E-state index in [1.165, 1.54) is 0 Å². The van der Waals surface area contributed by atoms with Crippen molar-refractivity contribution in [2.45, 2.75) is 46.6 Å². The van der Waals surface area contributed by atoms with Gasteiger partial charge in [0, 0.05) is 11.4 Å². The van der Waals surface area contributed by atoms with Gasteiger partial charge in [0.05, 0.1) is 37.4 Å². The predicted molar refractivity (Wildman–Crippen MR) is 140 cm³/mol. The third-order valence-corrected chi connectivity index (χ3v) is 5.89. The summed E-state index contributed by atoms with van der Waals surface area (Å²) in [5.74, 6) is -0.909. The fraction of sp³-hybridized carbons (Fsp3) is 0.345. The number of carbonyl (C=O) groups excluding carboxylic acids is 3. The van der Waals surface area contributed by atoms with Crippen LogP contribution >= 0.6 is 0 Å². The number of esters is 3. The Kier molecular flexibility index (Phi) is 9.54. The maximum absolute atomic E-state index is 12.9.